The van der Waals surface area contributed by atoms with Gasteiger partial charge in [-0.05, 0) is 36.8 Å². The lowest BCUT2D eigenvalue weighted by Gasteiger charge is -2.08. The van der Waals surface area contributed by atoms with Gasteiger partial charge < -0.3 is 10.1 Å². The number of hydrogen-bond donors (Lipinski definition) is 1. The van der Waals surface area contributed by atoms with Crippen LogP contribution in [0.3, 0.4) is 0 Å². The van der Waals surface area contributed by atoms with Gasteiger partial charge in [-0.1, -0.05) is 12.1 Å². The van der Waals surface area contributed by atoms with Crippen molar-refractivity contribution in [3.63, 3.8) is 0 Å². The number of nitrogens with one attached hydrogen (secondary N) is 1. The fraction of sp³-hybridized carbons (Fsp3) is 0.200. The zero-order valence-corrected chi connectivity index (χ0v) is 16.3. The molecule has 0 aliphatic rings. The summed E-state index contributed by atoms with van der Waals surface area (Å²) in [5.41, 5.74) is 3.55. The first-order valence-electron chi connectivity index (χ1n) is 9.13. The topological polar surface area (TPSA) is 90.5 Å². The van der Waals surface area contributed by atoms with Crippen molar-refractivity contribution in [2.24, 2.45) is 0 Å². The highest BCUT2D eigenvalue weighted by Gasteiger charge is 2.08. The molecule has 0 saturated carbocycles. The van der Waals surface area contributed by atoms with Crippen molar-refractivity contribution >= 4 is 22.9 Å². The van der Waals surface area contributed by atoms with Crippen LogP contribution in [0.25, 0.3) is 5.65 Å². The Labute approximate surface area is 170 Å². The van der Waals surface area contributed by atoms with Crippen LogP contribution in [0.2, 0.25) is 0 Å². The van der Waals surface area contributed by atoms with Gasteiger partial charge in [0, 0.05) is 30.2 Å². The largest absolute Gasteiger partial charge is 0.487 e. The molecule has 4 aromatic rings. The minimum absolute atomic E-state index is 0.183. The van der Waals surface area contributed by atoms with Crippen molar-refractivity contribution in [2.75, 3.05) is 6.54 Å². The summed E-state index contributed by atoms with van der Waals surface area (Å²) in [4.78, 5) is 28.8. The number of carbonyl (C=O) groups excluding carboxylic acids is 1. The van der Waals surface area contributed by atoms with Gasteiger partial charge in [0.1, 0.15) is 12.4 Å². The molecule has 4 rings (SSSR count). The second kappa shape index (κ2) is 8.70. The van der Waals surface area contributed by atoms with Crippen molar-refractivity contribution < 1.29 is 9.53 Å². The van der Waals surface area contributed by atoms with Gasteiger partial charge in [-0.15, -0.1) is 16.4 Å². The molecule has 1 amide bonds. The van der Waals surface area contributed by atoms with Crippen LogP contribution in [0.1, 0.15) is 22.5 Å². The van der Waals surface area contributed by atoms with E-state index in [1.54, 1.807) is 48.1 Å². The van der Waals surface area contributed by atoms with Crippen LogP contribution in [-0.2, 0) is 13.2 Å². The van der Waals surface area contributed by atoms with E-state index in [4.69, 9.17) is 4.74 Å². The van der Waals surface area contributed by atoms with E-state index in [9.17, 15) is 9.59 Å². The van der Waals surface area contributed by atoms with Gasteiger partial charge in [-0.3, -0.25) is 9.20 Å². The molecule has 3 aromatic heterocycles. The second-order valence-corrected chi connectivity index (χ2v) is 7.06. The summed E-state index contributed by atoms with van der Waals surface area (Å²) in [6, 6.07) is 12.4. The molecule has 148 valence electrons. The number of fused-ring (bicyclic) bond motifs is 1. The molecule has 0 radical (unpaired) electrons. The van der Waals surface area contributed by atoms with E-state index in [0.717, 1.165) is 5.69 Å². The highest BCUT2D eigenvalue weighted by molar-refractivity contribution is 7.07. The zero-order chi connectivity index (χ0) is 20.1. The average molecular weight is 409 g/mol. The minimum Gasteiger partial charge on any atom is -0.487 e. The Hall–Kier alpha value is -3.46. The Morgan fingerprint density at radius 1 is 1.21 bits per heavy atom. The van der Waals surface area contributed by atoms with Gasteiger partial charge in [0.2, 0.25) is 0 Å². The van der Waals surface area contributed by atoms with Crippen LogP contribution in [-0.4, -0.2) is 31.6 Å². The van der Waals surface area contributed by atoms with Crippen molar-refractivity contribution in [3.05, 3.63) is 81.3 Å². The first-order valence-corrected chi connectivity index (χ1v) is 10.1. The number of hydrogen-bond acceptors (Lipinski definition) is 6. The number of thiazole rings is 1. The highest BCUT2D eigenvalue weighted by Crippen LogP contribution is 2.15. The first kappa shape index (κ1) is 18.9. The summed E-state index contributed by atoms with van der Waals surface area (Å²) >= 11 is 1.51. The van der Waals surface area contributed by atoms with E-state index >= 15 is 0 Å². The molecule has 0 atom stereocenters. The Balaban J connectivity index is 1.28. The molecule has 29 heavy (non-hydrogen) atoms. The van der Waals surface area contributed by atoms with Gasteiger partial charge in [-0.25, -0.2) is 14.5 Å². The molecular formula is C20H19N5O3S. The number of benzene rings is 1. The minimum atomic E-state index is -0.188. The molecule has 0 unspecified atom stereocenters. The molecule has 9 heteroatoms. The van der Waals surface area contributed by atoms with Gasteiger partial charge in [0.05, 0.1) is 11.2 Å². The Kier molecular flexibility index (Phi) is 5.66. The number of aryl methyl sites for hydroxylation is 1. The van der Waals surface area contributed by atoms with E-state index in [1.165, 1.54) is 20.4 Å². The summed E-state index contributed by atoms with van der Waals surface area (Å²) in [5.74, 6) is 0.424. The third kappa shape index (κ3) is 4.52. The maximum Gasteiger partial charge on any atom is 0.350 e. The molecule has 0 bridgehead atoms. The molecule has 0 aliphatic carbocycles. The number of amides is 1. The lowest BCUT2D eigenvalue weighted by Crippen LogP contribution is -2.27. The maximum atomic E-state index is 12.4. The standard InChI is InChI=1S/C20H19N5O3S/c26-19(15-5-3-6-17(11-15)28-12-16-13-29-14-22-16)21-8-4-10-25-20(27)24-9-2-1-7-18(24)23-25/h1-3,5-7,9,11,13-14H,4,8,10,12H2,(H,21,26). The summed E-state index contributed by atoms with van der Waals surface area (Å²) in [6.45, 7) is 1.23. The zero-order valence-electron chi connectivity index (χ0n) is 15.5. The fourth-order valence-electron chi connectivity index (χ4n) is 2.84. The quantitative estimate of drug-likeness (QED) is 0.451. The predicted octanol–water partition coefficient (Wildman–Crippen LogP) is 2.35. The number of nitrogens with zero attached hydrogens (tertiary/aromatic N) is 4. The fourth-order valence-corrected chi connectivity index (χ4v) is 3.38. The van der Waals surface area contributed by atoms with E-state index in [0.29, 0.717) is 43.1 Å². The van der Waals surface area contributed by atoms with Crippen molar-refractivity contribution in [1.29, 1.82) is 0 Å². The SMILES string of the molecule is O=C(NCCCn1nc2ccccn2c1=O)c1cccc(OCc2cscn2)c1. The van der Waals surface area contributed by atoms with E-state index in [-0.39, 0.29) is 11.6 Å². The highest BCUT2D eigenvalue weighted by atomic mass is 32.1. The number of carbonyl (C=O) groups is 1. The Bertz CT molecular complexity index is 1170. The molecule has 1 aromatic carbocycles. The number of aromatic nitrogens is 4. The predicted molar refractivity (Wildman–Crippen MR) is 109 cm³/mol. The molecule has 1 N–H and O–H groups in total. The van der Waals surface area contributed by atoms with Gasteiger partial charge >= 0.3 is 5.69 Å². The normalized spacial score (nSPS) is 10.9. The van der Waals surface area contributed by atoms with Crippen molar-refractivity contribution in [3.8, 4) is 5.75 Å². The summed E-state index contributed by atoms with van der Waals surface area (Å²) in [6.07, 6.45) is 2.28. The van der Waals surface area contributed by atoms with Crippen LogP contribution in [0.15, 0.2) is 64.3 Å². The van der Waals surface area contributed by atoms with Crippen molar-refractivity contribution in [2.45, 2.75) is 19.6 Å². The number of ether oxygens (including phenoxy) is 1. The maximum absolute atomic E-state index is 12.4. The van der Waals surface area contributed by atoms with Crippen LogP contribution >= 0.6 is 11.3 Å². The third-order valence-corrected chi connectivity index (χ3v) is 4.92. The molecule has 8 nitrogen and oxygen atoms in total. The molecule has 0 spiro atoms. The van der Waals surface area contributed by atoms with E-state index < -0.39 is 0 Å². The molecule has 0 aliphatic heterocycles. The lowest BCUT2D eigenvalue weighted by molar-refractivity contribution is 0.0952. The molecular weight excluding hydrogens is 390 g/mol. The number of pyridine rings is 1. The van der Waals surface area contributed by atoms with E-state index in [2.05, 4.69) is 15.4 Å². The van der Waals surface area contributed by atoms with Gasteiger partial charge in [0.25, 0.3) is 5.91 Å². The smallest absolute Gasteiger partial charge is 0.350 e. The molecule has 0 fully saturated rings. The Morgan fingerprint density at radius 3 is 2.97 bits per heavy atom. The van der Waals surface area contributed by atoms with Crippen LogP contribution in [0, 0.1) is 0 Å². The van der Waals surface area contributed by atoms with Crippen LogP contribution in [0.4, 0.5) is 0 Å². The summed E-state index contributed by atoms with van der Waals surface area (Å²) in [7, 11) is 0. The molecule has 0 saturated heterocycles. The lowest BCUT2D eigenvalue weighted by atomic mass is 10.2. The van der Waals surface area contributed by atoms with Crippen LogP contribution < -0.4 is 15.7 Å². The monoisotopic (exact) mass is 409 g/mol. The van der Waals surface area contributed by atoms with Gasteiger partial charge in [0.15, 0.2) is 5.65 Å². The van der Waals surface area contributed by atoms with Crippen LogP contribution in [0.5, 0.6) is 5.75 Å². The second-order valence-electron chi connectivity index (χ2n) is 6.34. The Morgan fingerprint density at radius 2 is 2.14 bits per heavy atom. The van der Waals surface area contributed by atoms with Crippen molar-refractivity contribution in [1.82, 2.24) is 24.5 Å². The first-order chi connectivity index (χ1) is 14.2. The summed E-state index contributed by atoms with van der Waals surface area (Å²) in [5, 5.41) is 9.06. The summed E-state index contributed by atoms with van der Waals surface area (Å²) < 4.78 is 8.59. The molecule has 3 heterocycles. The average Bonchev–Trinajstić information content (AvgIpc) is 3.38. The van der Waals surface area contributed by atoms with E-state index in [1.807, 2.05) is 11.4 Å². The third-order valence-electron chi connectivity index (χ3n) is 4.29. The number of rotatable bonds is 8. The van der Waals surface area contributed by atoms with Gasteiger partial charge in [-0.2, -0.15) is 0 Å².